The van der Waals surface area contributed by atoms with Gasteiger partial charge in [0.1, 0.15) is 5.58 Å². The van der Waals surface area contributed by atoms with Crippen LogP contribution in [-0.4, -0.2) is 36.7 Å². The van der Waals surface area contributed by atoms with Gasteiger partial charge in [-0.25, -0.2) is 13.6 Å². The summed E-state index contributed by atoms with van der Waals surface area (Å²) in [6, 6.07) is 15.0. The number of aryl methyl sites for hydroxylation is 2. The van der Waals surface area contributed by atoms with Gasteiger partial charge in [-0.1, -0.05) is 30.3 Å². The third-order valence-electron chi connectivity index (χ3n) is 6.96. The van der Waals surface area contributed by atoms with E-state index in [1.807, 2.05) is 30.5 Å². The molecule has 7 nitrogen and oxygen atoms in total. The summed E-state index contributed by atoms with van der Waals surface area (Å²) < 4.78 is 29.6. The number of sulfonamides is 1. The monoisotopic (exact) mass is 479 g/mol. The summed E-state index contributed by atoms with van der Waals surface area (Å²) in [6.45, 7) is 0.756. The highest BCUT2D eigenvalue weighted by Crippen LogP contribution is 2.31. The number of hydrogen-bond acceptors (Lipinski definition) is 6. The highest BCUT2D eigenvalue weighted by molar-refractivity contribution is 7.89. The molecule has 8 heteroatoms. The predicted octanol–water partition coefficient (Wildman–Crippen LogP) is 3.68. The molecule has 5 rings (SSSR count). The number of nitrogens with zero attached hydrogens (tertiary/aromatic N) is 1. The molecule has 2 aromatic heterocycles. The van der Waals surface area contributed by atoms with Crippen molar-refractivity contribution in [2.24, 2.45) is 5.14 Å². The van der Waals surface area contributed by atoms with Gasteiger partial charge in [0, 0.05) is 34.1 Å². The van der Waals surface area contributed by atoms with E-state index in [1.165, 1.54) is 11.6 Å². The second-order valence-electron chi connectivity index (χ2n) is 9.28. The molecule has 1 saturated heterocycles. The number of hydrogen-bond donors (Lipinski definition) is 3. The van der Waals surface area contributed by atoms with Crippen LogP contribution in [0.25, 0.3) is 21.7 Å². The molecule has 1 fully saturated rings. The summed E-state index contributed by atoms with van der Waals surface area (Å²) >= 11 is 0. The van der Waals surface area contributed by atoms with Gasteiger partial charge in [-0.05, 0) is 68.8 Å². The lowest BCUT2D eigenvalue weighted by molar-refractivity contribution is -0.0124. The van der Waals surface area contributed by atoms with Crippen LogP contribution in [0.1, 0.15) is 36.9 Å². The first-order valence-electron chi connectivity index (χ1n) is 11.6. The molecular weight excluding hydrogens is 450 g/mol. The van der Waals surface area contributed by atoms with Gasteiger partial charge in [0.05, 0.1) is 16.8 Å². The minimum Gasteiger partial charge on any atom is -0.464 e. The van der Waals surface area contributed by atoms with Crippen LogP contribution >= 0.6 is 0 Å². The Morgan fingerprint density at radius 2 is 1.91 bits per heavy atom. The molecule has 0 bridgehead atoms. The number of para-hydroxylation sites is 1. The van der Waals surface area contributed by atoms with Crippen LogP contribution in [0.2, 0.25) is 0 Å². The van der Waals surface area contributed by atoms with Crippen LogP contribution in [0, 0.1) is 0 Å². The zero-order valence-electron chi connectivity index (χ0n) is 18.9. The lowest BCUT2D eigenvalue weighted by atomic mass is 9.81. The maximum Gasteiger partial charge on any atom is 0.238 e. The van der Waals surface area contributed by atoms with Crippen molar-refractivity contribution in [3.63, 3.8) is 0 Å². The topological polar surface area (TPSA) is 118 Å². The maximum absolute atomic E-state index is 12.0. The SMILES string of the molecule is NS(=O)(=O)c1cccc2c(CCC3(O)CCNC(CCc4coc5ccccc45)C3)nccc12. The van der Waals surface area contributed by atoms with E-state index in [-0.39, 0.29) is 10.9 Å². The van der Waals surface area contributed by atoms with E-state index in [9.17, 15) is 13.5 Å². The molecular formula is C26H29N3O4S. The fourth-order valence-corrected chi connectivity index (χ4v) is 5.92. The van der Waals surface area contributed by atoms with Gasteiger partial charge in [-0.3, -0.25) is 4.98 Å². The van der Waals surface area contributed by atoms with Gasteiger partial charge in [-0.2, -0.15) is 0 Å². The molecule has 0 radical (unpaired) electrons. The van der Waals surface area contributed by atoms with Crippen LogP contribution in [-0.2, 0) is 22.9 Å². The molecule has 0 spiro atoms. The first-order chi connectivity index (χ1) is 16.3. The number of aliphatic hydroxyl groups is 1. The number of primary sulfonamides is 1. The van der Waals surface area contributed by atoms with E-state index < -0.39 is 15.6 Å². The minimum atomic E-state index is -3.83. The number of fused-ring (bicyclic) bond motifs is 2. The van der Waals surface area contributed by atoms with Gasteiger partial charge in [0.2, 0.25) is 10.0 Å². The van der Waals surface area contributed by atoms with Gasteiger partial charge in [0.15, 0.2) is 0 Å². The van der Waals surface area contributed by atoms with Gasteiger partial charge in [0.25, 0.3) is 0 Å². The number of aromatic nitrogens is 1. The van der Waals surface area contributed by atoms with Crippen LogP contribution in [0.15, 0.2) is 70.3 Å². The lowest BCUT2D eigenvalue weighted by Gasteiger charge is -2.38. The number of nitrogens with one attached hydrogen (secondary N) is 1. The molecule has 0 saturated carbocycles. The molecule has 34 heavy (non-hydrogen) atoms. The second-order valence-corrected chi connectivity index (χ2v) is 10.8. The minimum absolute atomic E-state index is 0.0982. The molecule has 2 atom stereocenters. The summed E-state index contributed by atoms with van der Waals surface area (Å²) in [4.78, 5) is 4.59. The average Bonchev–Trinajstić information content (AvgIpc) is 3.24. The third-order valence-corrected chi connectivity index (χ3v) is 7.92. The fraction of sp³-hybridized carbons (Fsp3) is 0.346. The Hall–Kier alpha value is -2.78. The van der Waals surface area contributed by atoms with Gasteiger partial charge in [-0.15, -0.1) is 0 Å². The summed E-state index contributed by atoms with van der Waals surface area (Å²) in [5, 5.41) is 22.8. The van der Waals surface area contributed by atoms with Crippen molar-refractivity contribution in [3.8, 4) is 0 Å². The van der Waals surface area contributed by atoms with Crippen molar-refractivity contribution >= 4 is 31.8 Å². The zero-order valence-corrected chi connectivity index (χ0v) is 19.7. The van der Waals surface area contributed by atoms with Crippen molar-refractivity contribution in [1.82, 2.24) is 10.3 Å². The Kier molecular flexibility index (Phi) is 6.16. The highest BCUT2D eigenvalue weighted by Gasteiger charge is 2.34. The Bertz CT molecular complexity index is 1430. The Balaban J connectivity index is 1.27. The Morgan fingerprint density at radius 3 is 2.76 bits per heavy atom. The van der Waals surface area contributed by atoms with E-state index in [4.69, 9.17) is 9.56 Å². The fourth-order valence-electron chi connectivity index (χ4n) is 5.17. The average molecular weight is 480 g/mol. The summed E-state index contributed by atoms with van der Waals surface area (Å²) in [5.74, 6) is 0. The van der Waals surface area contributed by atoms with Crippen LogP contribution in [0.5, 0.6) is 0 Å². The van der Waals surface area contributed by atoms with E-state index in [1.54, 1.807) is 18.3 Å². The first kappa shape index (κ1) is 23.0. The molecule has 178 valence electrons. The van der Waals surface area contributed by atoms with E-state index in [2.05, 4.69) is 16.4 Å². The number of nitrogens with two attached hydrogens (primary N) is 1. The molecule has 1 aliphatic rings. The quantitative estimate of drug-likeness (QED) is 0.372. The number of furan rings is 1. The molecule has 4 N–H and O–H groups in total. The standard InChI is InChI=1S/C26H29N3O4S/c27-34(31,32)25-7-3-5-21-22(25)11-14-29-23(21)10-12-26(30)13-15-28-19(16-26)9-8-18-17-33-24-6-2-1-4-20(18)24/h1-7,11,14,17,19,28,30H,8-10,12-13,15-16H2,(H2,27,31,32). The Morgan fingerprint density at radius 1 is 1.09 bits per heavy atom. The third kappa shape index (κ3) is 4.72. The Labute approximate surface area is 199 Å². The number of piperidine rings is 1. The van der Waals surface area contributed by atoms with Crippen LogP contribution < -0.4 is 10.5 Å². The number of pyridine rings is 1. The normalized spacial score (nSPS) is 21.3. The second kappa shape index (κ2) is 9.11. The summed E-state index contributed by atoms with van der Waals surface area (Å²) in [5.41, 5.74) is 2.07. The largest absolute Gasteiger partial charge is 0.464 e. The number of benzene rings is 2. The number of rotatable bonds is 7. The molecule has 4 aromatic rings. The van der Waals surface area contributed by atoms with Crippen molar-refractivity contribution in [1.29, 1.82) is 0 Å². The molecule has 2 aromatic carbocycles. The highest BCUT2D eigenvalue weighted by atomic mass is 32.2. The summed E-state index contributed by atoms with van der Waals surface area (Å²) in [6.07, 6.45) is 7.69. The van der Waals surface area contributed by atoms with Crippen molar-refractivity contribution in [3.05, 3.63) is 72.2 Å². The molecule has 2 unspecified atom stereocenters. The molecule has 0 amide bonds. The molecule has 1 aliphatic heterocycles. The van der Waals surface area contributed by atoms with E-state index >= 15 is 0 Å². The van der Waals surface area contributed by atoms with Gasteiger partial charge < -0.3 is 14.8 Å². The van der Waals surface area contributed by atoms with E-state index in [0.29, 0.717) is 31.1 Å². The molecule has 3 heterocycles. The lowest BCUT2D eigenvalue weighted by Crippen LogP contribution is -2.48. The van der Waals surface area contributed by atoms with Crippen LogP contribution in [0.4, 0.5) is 0 Å². The van der Waals surface area contributed by atoms with E-state index in [0.717, 1.165) is 41.4 Å². The van der Waals surface area contributed by atoms with Crippen molar-refractivity contribution in [2.75, 3.05) is 6.54 Å². The van der Waals surface area contributed by atoms with Crippen molar-refractivity contribution in [2.45, 2.75) is 55.1 Å². The van der Waals surface area contributed by atoms with Gasteiger partial charge >= 0.3 is 0 Å². The maximum atomic E-state index is 12.0. The van der Waals surface area contributed by atoms with Crippen molar-refractivity contribution < 1.29 is 17.9 Å². The smallest absolute Gasteiger partial charge is 0.238 e. The first-order valence-corrected chi connectivity index (χ1v) is 13.2. The predicted molar refractivity (Wildman–Crippen MR) is 132 cm³/mol. The van der Waals surface area contributed by atoms with Crippen LogP contribution in [0.3, 0.4) is 0 Å². The zero-order chi connectivity index (χ0) is 23.8. The summed E-state index contributed by atoms with van der Waals surface area (Å²) in [7, 11) is -3.83. The molecule has 0 aliphatic carbocycles.